The van der Waals surface area contributed by atoms with Crippen molar-refractivity contribution in [1.29, 1.82) is 0 Å². The summed E-state index contributed by atoms with van der Waals surface area (Å²) in [5.41, 5.74) is 22.0. The van der Waals surface area contributed by atoms with Crippen LogP contribution in [0.15, 0.2) is 4.99 Å². The van der Waals surface area contributed by atoms with Crippen molar-refractivity contribution in [3.63, 3.8) is 0 Å². The lowest BCUT2D eigenvalue weighted by Gasteiger charge is -2.26. The Hall–Kier alpha value is -3.46. The van der Waals surface area contributed by atoms with Gasteiger partial charge in [-0.15, -0.1) is 0 Å². The third kappa shape index (κ3) is 14.3. The monoisotopic (exact) mass is 544 g/mol. The minimum Gasteiger partial charge on any atom is -0.481 e. The standard InChI is InChI=1S/C23H44N8O7/c1-3-13(2)18(22(37)38)31-21(36)16(9-10-17(32)33)30-20(35)15(8-6-12-28-23(26)27)29-19(34)14(25)7-4-5-11-24/h13-16,18H,3-12,24-25H2,1-2H3,(H,29,34)(H,30,35)(H,31,36)(H,32,33)(H,37,38)(H4,26,27,28). The van der Waals surface area contributed by atoms with E-state index < -0.39 is 66.2 Å². The molecule has 0 aliphatic rings. The van der Waals surface area contributed by atoms with Crippen molar-refractivity contribution in [3.8, 4) is 0 Å². The minimum absolute atomic E-state index is 0.0851. The van der Waals surface area contributed by atoms with E-state index in [-0.39, 0.29) is 25.3 Å². The van der Waals surface area contributed by atoms with Crippen LogP contribution in [0.2, 0.25) is 0 Å². The number of nitrogens with two attached hydrogens (primary N) is 4. The number of hydrogen-bond donors (Lipinski definition) is 9. The Bertz CT molecular complexity index is 820. The first kappa shape index (κ1) is 34.5. The zero-order valence-electron chi connectivity index (χ0n) is 22.2. The minimum atomic E-state index is -1.36. The van der Waals surface area contributed by atoms with Crippen molar-refractivity contribution in [3.05, 3.63) is 0 Å². The molecule has 0 aromatic heterocycles. The summed E-state index contributed by atoms with van der Waals surface area (Å²) >= 11 is 0. The first-order valence-corrected chi connectivity index (χ1v) is 12.7. The average Bonchev–Trinajstić information content (AvgIpc) is 2.85. The summed E-state index contributed by atoms with van der Waals surface area (Å²) in [5.74, 6) is -5.23. The van der Waals surface area contributed by atoms with Gasteiger partial charge in [-0.3, -0.25) is 24.2 Å². The average molecular weight is 545 g/mol. The van der Waals surface area contributed by atoms with Gasteiger partial charge in [0.15, 0.2) is 5.96 Å². The summed E-state index contributed by atoms with van der Waals surface area (Å²) < 4.78 is 0. The van der Waals surface area contributed by atoms with Crippen LogP contribution < -0.4 is 38.9 Å². The van der Waals surface area contributed by atoms with E-state index in [4.69, 9.17) is 28.0 Å². The van der Waals surface area contributed by atoms with Crippen molar-refractivity contribution < 1.29 is 34.2 Å². The lowest BCUT2D eigenvalue weighted by atomic mass is 9.98. The number of hydrogen-bond acceptors (Lipinski definition) is 8. The van der Waals surface area contributed by atoms with Gasteiger partial charge in [0.2, 0.25) is 17.7 Å². The summed E-state index contributed by atoms with van der Waals surface area (Å²) in [7, 11) is 0. The van der Waals surface area contributed by atoms with E-state index >= 15 is 0 Å². The Kier molecular flexibility index (Phi) is 17.0. The van der Waals surface area contributed by atoms with E-state index in [1.54, 1.807) is 13.8 Å². The Morgan fingerprint density at radius 2 is 1.42 bits per heavy atom. The number of aliphatic imine (C=N–C) groups is 1. The number of nitrogens with zero attached hydrogens (tertiary/aromatic N) is 1. The van der Waals surface area contributed by atoms with Gasteiger partial charge in [0.1, 0.15) is 18.1 Å². The molecule has 15 heteroatoms. The molecule has 218 valence electrons. The van der Waals surface area contributed by atoms with Crippen LogP contribution in [0.5, 0.6) is 0 Å². The molecular formula is C23H44N8O7. The second-order valence-electron chi connectivity index (χ2n) is 9.10. The van der Waals surface area contributed by atoms with Crippen molar-refractivity contribution in [2.45, 2.75) is 89.4 Å². The number of carbonyl (C=O) groups is 5. The number of amides is 3. The summed E-state index contributed by atoms with van der Waals surface area (Å²) in [5, 5.41) is 26.0. The molecule has 0 aromatic carbocycles. The number of guanidine groups is 1. The maximum absolute atomic E-state index is 13.1. The smallest absolute Gasteiger partial charge is 0.326 e. The third-order valence-electron chi connectivity index (χ3n) is 5.94. The van der Waals surface area contributed by atoms with Crippen LogP contribution in [0, 0.1) is 5.92 Å². The zero-order chi connectivity index (χ0) is 29.3. The largest absolute Gasteiger partial charge is 0.481 e. The Morgan fingerprint density at radius 1 is 0.842 bits per heavy atom. The molecule has 0 radical (unpaired) electrons. The molecule has 38 heavy (non-hydrogen) atoms. The summed E-state index contributed by atoms with van der Waals surface area (Å²) in [6.45, 7) is 4.02. The maximum Gasteiger partial charge on any atom is 0.326 e. The molecule has 3 amide bonds. The fourth-order valence-electron chi connectivity index (χ4n) is 3.44. The molecule has 5 unspecified atom stereocenters. The highest BCUT2D eigenvalue weighted by Crippen LogP contribution is 2.10. The predicted octanol–water partition coefficient (Wildman–Crippen LogP) is -2.05. The van der Waals surface area contributed by atoms with Crippen molar-refractivity contribution in [1.82, 2.24) is 16.0 Å². The van der Waals surface area contributed by atoms with E-state index in [2.05, 4.69) is 20.9 Å². The van der Waals surface area contributed by atoms with Crippen LogP contribution in [0.3, 0.4) is 0 Å². The third-order valence-corrected chi connectivity index (χ3v) is 5.94. The van der Waals surface area contributed by atoms with Crippen LogP contribution in [-0.4, -0.2) is 83.1 Å². The molecule has 13 N–H and O–H groups in total. The highest BCUT2D eigenvalue weighted by Gasteiger charge is 2.32. The number of nitrogens with one attached hydrogen (secondary N) is 3. The van der Waals surface area contributed by atoms with Gasteiger partial charge in [0.05, 0.1) is 6.04 Å². The quantitative estimate of drug-likeness (QED) is 0.0456. The van der Waals surface area contributed by atoms with E-state index in [1.807, 2.05) is 0 Å². The Labute approximate surface area is 222 Å². The van der Waals surface area contributed by atoms with Crippen molar-refractivity contribution in [2.75, 3.05) is 13.1 Å². The molecule has 0 aliphatic heterocycles. The molecule has 0 aliphatic carbocycles. The van der Waals surface area contributed by atoms with Crippen LogP contribution in [0.4, 0.5) is 0 Å². The predicted molar refractivity (Wildman–Crippen MR) is 141 cm³/mol. The first-order chi connectivity index (χ1) is 17.8. The van der Waals surface area contributed by atoms with Gasteiger partial charge in [-0.05, 0) is 44.6 Å². The molecule has 0 bridgehead atoms. The van der Waals surface area contributed by atoms with Crippen LogP contribution in [0.25, 0.3) is 0 Å². The van der Waals surface area contributed by atoms with E-state index in [9.17, 15) is 29.1 Å². The second kappa shape index (κ2) is 18.7. The molecule has 0 rings (SSSR count). The van der Waals surface area contributed by atoms with Crippen LogP contribution in [-0.2, 0) is 24.0 Å². The molecule has 0 spiro atoms. The lowest BCUT2D eigenvalue weighted by Crippen LogP contribution is -2.57. The van der Waals surface area contributed by atoms with Gasteiger partial charge in [-0.1, -0.05) is 26.7 Å². The first-order valence-electron chi connectivity index (χ1n) is 12.7. The number of unbranched alkanes of at least 4 members (excludes halogenated alkanes) is 1. The number of carbonyl (C=O) groups excluding carboxylic acids is 3. The lowest BCUT2D eigenvalue weighted by molar-refractivity contribution is -0.144. The number of carboxylic acids is 2. The fraction of sp³-hybridized carbons (Fsp3) is 0.739. The van der Waals surface area contributed by atoms with Crippen LogP contribution in [0.1, 0.15) is 65.2 Å². The van der Waals surface area contributed by atoms with Gasteiger partial charge in [0.25, 0.3) is 0 Å². The number of rotatable bonds is 20. The molecule has 5 atom stereocenters. The van der Waals surface area contributed by atoms with Crippen molar-refractivity contribution >= 4 is 35.6 Å². The van der Waals surface area contributed by atoms with Gasteiger partial charge >= 0.3 is 11.9 Å². The molecule has 15 nitrogen and oxygen atoms in total. The van der Waals surface area contributed by atoms with Crippen molar-refractivity contribution in [2.24, 2.45) is 33.8 Å². The SMILES string of the molecule is CCC(C)C(NC(=O)C(CCC(=O)O)NC(=O)C(CCCN=C(N)N)NC(=O)C(N)CCCCN)C(=O)O. The van der Waals surface area contributed by atoms with E-state index in [0.717, 1.165) is 0 Å². The topological polar surface area (TPSA) is 278 Å². The van der Waals surface area contributed by atoms with E-state index in [1.165, 1.54) is 0 Å². The molecule has 0 saturated heterocycles. The normalized spacial score (nSPS) is 14.7. The zero-order valence-corrected chi connectivity index (χ0v) is 22.2. The molecule has 0 fully saturated rings. The summed E-state index contributed by atoms with van der Waals surface area (Å²) in [6.07, 6.45) is 1.71. The van der Waals surface area contributed by atoms with Gasteiger partial charge in [-0.25, -0.2) is 4.79 Å². The summed E-state index contributed by atoms with van der Waals surface area (Å²) in [6, 6.07) is -4.63. The molecular weight excluding hydrogens is 500 g/mol. The Balaban J connectivity index is 5.68. The molecule has 0 aromatic rings. The van der Waals surface area contributed by atoms with E-state index in [0.29, 0.717) is 38.6 Å². The molecule has 0 heterocycles. The van der Waals surface area contributed by atoms with Gasteiger partial charge in [0, 0.05) is 13.0 Å². The highest BCUT2D eigenvalue weighted by molar-refractivity contribution is 5.94. The molecule has 0 saturated carbocycles. The van der Waals surface area contributed by atoms with Gasteiger partial charge < -0.3 is 49.1 Å². The van der Waals surface area contributed by atoms with Crippen LogP contribution >= 0.6 is 0 Å². The summed E-state index contributed by atoms with van der Waals surface area (Å²) in [4.78, 5) is 65.3. The number of aliphatic carboxylic acids is 2. The number of carboxylic acid groups (broad SMARTS) is 2. The van der Waals surface area contributed by atoms with Gasteiger partial charge in [-0.2, -0.15) is 0 Å². The Morgan fingerprint density at radius 3 is 1.95 bits per heavy atom. The highest BCUT2D eigenvalue weighted by atomic mass is 16.4. The maximum atomic E-state index is 13.1. The second-order valence-corrected chi connectivity index (χ2v) is 9.10. The fourth-order valence-corrected chi connectivity index (χ4v) is 3.44.